The molecule has 5 heteroatoms. The third-order valence-corrected chi connectivity index (χ3v) is 4.71. The van der Waals surface area contributed by atoms with E-state index in [1.165, 1.54) is 30.6 Å². The van der Waals surface area contributed by atoms with Crippen LogP contribution in [-0.2, 0) is 6.54 Å². The summed E-state index contributed by atoms with van der Waals surface area (Å²) in [5.41, 5.74) is 0. The Balaban J connectivity index is 0.00000200. The molecule has 0 aromatic carbocycles. The van der Waals surface area contributed by atoms with Crippen LogP contribution in [0.5, 0.6) is 0 Å². The van der Waals surface area contributed by atoms with E-state index in [2.05, 4.69) is 40.1 Å². The van der Waals surface area contributed by atoms with Crippen LogP contribution in [0, 0.1) is 11.8 Å². The van der Waals surface area contributed by atoms with Crippen LogP contribution in [0.2, 0.25) is 0 Å². The lowest BCUT2D eigenvalue weighted by molar-refractivity contribution is 0.282. The van der Waals surface area contributed by atoms with E-state index >= 15 is 0 Å². The van der Waals surface area contributed by atoms with Crippen LogP contribution in [0.1, 0.15) is 37.5 Å². The Kier molecular flexibility index (Phi) is 8.52. The number of rotatable bonds is 4. The van der Waals surface area contributed by atoms with Crippen molar-refractivity contribution in [2.24, 2.45) is 16.8 Å². The highest BCUT2D eigenvalue weighted by Crippen LogP contribution is 2.27. The molecule has 0 amide bonds. The van der Waals surface area contributed by atoms with Crippen LogP contribution < -0.4 is 10.6 Å². The van der Waals surface area contributed by atoms with E-state index in [1.807, 2.05) is 7.05 Å². The number of hydrogen-bond acceptors (Lipinski definition) is 2. The maximum absolute atomic E-state index is 4.29. The van der Waals surface area contributed by atoms with Crippen molar-refractivity contribution in [1.82, 2.24) is 10.6 Å². The molecule has 114 valence electrons. The molecular formula is C15H26IN3S. The smallest absolute Gasteiger partial charge is 0.191 e. The van der Waals surface area contributed by atoms with Crippen LogP contribution in [0.15, 0.2) is 22.5 Å². The summed E-state index contributed by atoms with van der Waals surface area (Å²) in [4.78, 5) is 5.63. The second-order valence-electron chi connectivity index (χ2n) is 5.52. The minimum absolute atomic E-state index is 0. The zero-order valence-corrected chi connectivity index (χ0v) is 15.5. The van der Waals surface area contributed by atoms with Crippen LogP contribution in [-0.4, -0.2) is 19.6 Å². The highest BCUT2D eigenvalue weighted by Gasteiger charge is 2.18. The summed E-state index contributed by atoms with van der Waals surface area (Å²) in [6, 6.07) is 4.23. The second kappa shape index (κ2) is 9.60. The molecule has 2 atom stereocenters. The molecule has 1 fully saturated rings. The third-order valence-electron chi connectivity index (χ3n) is 3.84. The first-order chi connectivity index (χ1) is 9.28. The summed E-state index contributed by atoms with van der Waals surface area (Å²) in [6.07, 6.45) is 5.50. The molecule has 1 saturated carbocycles. The van der Waals surface area contributed by atoms with Crippen molar-refractivity contribution in [2.75, 3.05) is 13.6 Å². The van der Waals surface area contributed by atoms with Gasteiger partial charge in [0.1, 0.15) is 0 Å². The minimum Gasteiger partial charge on any atom is -0.356 e. The van der Waals surface area contributed by atoms with Crippen molar-refractivity contribution < 1.29 is 0 Å². The van der Waals surface area contributed by atoms with Gasteiger partial charge in [0.15, 0.2) is 5.96 Å². The Morgan fingerprint density at radius 2 is 2.25 bits per heavy atom. The van der Waals surface area contributed by atoms with E-state index in [4.69, 9.17) is 0 Å². The fourth-order valence-electron chi connectivity index (χ4n) is 2.79. The average molecular weight is 407 g/mol. The van der Waals surface area contributed by atoms with Gasteiger partial charge < -0.3 is 10.6 Å². The molecule has 1 aliphatic rings. The number of nitrogens with zero attached hydrogens (tertiary/aromatic N) is 1. The highest BCUT2D eigenvalue weighted by molar-refractivity contribution is 14.0. The topological polar surface area (TPSA) is 36.4 Å². The summed E-state index contributed by atoms with van der Waals surface area (Å²) < 4.78 is 0. The monoisotopic (exact) mass is 407 g/mol. The molecule has 1 aromatic rings. The quantitative estimate of drug-likeness (QED) is 0.452. The Morgan fingerprint density at radius 3 is 2.90 bits per heavy atom. The first-order valence-electron chi connectivity index (χ1n) is 7.25. The molecule has 0 bridgehead atoms. The summed E-state index contributed by atoms with van der Waals surface area (Å²) in [5.74, 6) is 2.62. The van der Waals surface area contributed by atoms with Crippen LogP contribution in [0.4, 0.5) is 0 Å². The van der Waals surface area contributed by atoms with E-state index in [0.29, 0.717) is 0 Å². The fraction of sp³-hybridized carbons (Fsp3) is 0.667. The van der Waals surface area contributed by atoms with E-state index < -0.39 is 0 Å². The van der Waals surface area contributed by atoms with Crippen molar-refractivity contribution in [3.05, 3.63) is 22.4 Å². The molecule has 0 saturated heterocycles. The Hall–Kier alpha value is -0.300. The van der Waals surface area contributed by atoms with Gasteiger partial charge in [0.05, 0.1) is 6.54 Å². The van der Waals surface area contributed by atoms with Gasteiger partial charge in [-0.1, -0.05) is 25.8 Å². The number of aliphatic imine (C=N–C) groups is 1. The largest absolute Gasteiger partial charge is 0.356 e. The normalized spacial score (nSPS) is 23.0. The lowest BCUT2D eigenvalue weighted by atomic mass is 9.82. The number of hydrogen-bond donors (Lipinski definition) is 2. The molecule has 2 N–H and O–H groups in total. The SMILES string of the molecule is CN=C(NCc1cccs1)NCC1CCCC(C)C1.I. The lowest BCUT2D eigenvalue weighted by Crippen LogP contribution is -2.40. The molecule has 0 spiro atoms. The predicted octanol–water partition coefficient (Wildman–Crippen LogP) is 3.86. The maximum atomic E-state index is 4.29. The van der Waals surface area contributed by atoms with Crippen LogP contribution >= 0.6 is 35.3 Å². The molecular weight excluding hydrogens is 381 g/mol. The fourth-order valence-corrected chi connectivity index (χ4v) is 3.44. The molecule has 1 aromatic heterocycles. The van der Waals surface area contributed by atoms with Crippen LogP contribution in [0.3, 0.4) is 0 Å². The zero-order chi connectivity index (χ0) is 13.5. The first kappa shape index (κ1) is 17.8. The molecule has 1 heterocycles. The zero-order valence-electron chi connectivity index (χ0n) is 12.4. The summed E-state index contributed by atoms with van der Waals surface area (Å²) in [5, 5.41) is 8.95. The molecule has 0 radical (unpaired) electrons. The van der Waals surface area contributed by atoms with Gasteiger partial charge in [0, 0.05) is 18.5 Å². The maximum Gasteiger partial charge on any atom is 0.191 e. The van der Waals surface area contributed by atoms with E-state index in [-0.39, 0.29) is 24.0 Å². The van der Waals surface area contributed by atoms with Crippen molar-refractivity contribution >= 4 is 41.3 Å². The van der Waals surface area contributed by atoms with Crippen molar-refractivity contribution in [3.8, 4) is 0 Å². The van der Waals surface area contributed by atoms with E-state index in [1.54, 1.807) is 11.3 Å². The third kappa shape index (κ3) is 5.99. The van der Waals surface area contributed by atoms with Gasteiger partial charge in [-0.15, -0.1) is 35.3 Å². The first-order valence-corrected chi connectivity index (χ1v) is 8.12. The number of halogens is 1. The van der Waals surface area contributed by atoms with Crippen molar-refractivity contribution in [2.45, 2.75) is 39.2 Å². The van der Waals surface area contributed by atoms with Gasteiger partial charge in [0.25, 0.3) is 0 Å². The second-order valence-corrected chi connectivity index (χ2v) is 6.56. The van der Waals surface area contributed by atoms with E-state index in [9.17, 15) is 0 Å². The summed E-state index contributed by atoms with van der Waals surface area (Å²) in [7, 11) is 1.84. The van der Waals surface area contributed by atoms with E-state index in [0.717, 1.165) is 30.9 Å². The van der Waals surface area contributed by atoms with Crippen molar-refractivity contribution in [1.29, 1.82) is 0 Å². The number of guanidine groups is 1. The summed E-state index contributed by atoms with van der Waals surface area (Å²) >= 11 is 1.78. The Morgan fingerprint density at radius 1 is 1.40 bits per heavy atom. The minimum atomic E-state index is 0. The van der Waals surface area contributed by atoms with Gasteiger partial charge >= 0.3 is 0 Å². The lowest BCUT2D eigenvalue weighted by Gasteiger charge is -2.27. The number of nitrogens with one attached hydrogen (secondary N) is 2. The van der Waals surface area contributed by atoms with Gasteiger partial charge in [-0.25, -0.2) is 0 Å². The van der Waals surface area contributed by atoms with Gasteiger partial charge in [-0.05, 0) is 36.1 Å². The van der Waals surface area contributed by atoms with Crippen LogP contribution in [0.25, 0.3) is 0 Å². The van der Waals surface area contributed by atoms with Crippen molar-refractivity contribution in [3.63, 3.8) is 0 Å². The standard InChI is InChI=1S/C15H25N3S.HI/c1-12-5-3-6-13(9-12)10-17-15(16-2)18-11-14-7-4-8-19-14;/h4,7-8,12-13H,3,5-6,9-11H2,1-2H3,(H2,16,17,18);1H. The van der Waals surface area contributed by atoms with Gasteiger partial charge in [0.2, 0.25) is 0 Å². The Bertz CT molecular complexity index is 392. The van der Waals surface area contributed by atoms with Gasteiger partial charge in [-0.3, -0.25) is 4.99 Å². The average Bonchev–Trinajstić information content (AvgIpc) is 2.92. The molecule has 20 heavy (non-hydrogen) atoms. The molecule has 1 aliphatic carbocycles. The van der Waals surface area contributed by atoms with Gasteiger partial charge in [-0.2, -0.15) is 0 Å². The summed E-state index contributed by atoms with van der Waals surface area (Å²) in [6.45, 7) is 4.28. The molecule has 2 rings (SSSR count). The predicted molar refractivity (Wildman–Crippen MR) is 99.1 cm³/mol. The molecule has 2 unspecified atom stereocenters. The number of thiophene rings is 1. The molecule has 0 aliphatic heterocycles. The highest BCUT2D eigenvalue weighted by atomic mass is 127. The molecule has 3 nitrogen and oxygen atoms in total. The Labute approximate surface area is 143 Å².